The van der Waals surface area contributed by atoms with Crippen LogP contribution in [0.1, 0.15) is 33.6 Å². The average molecular weight is 186 g/mol. The molecule has 1 nitrogen and oxygen atoms in total. The van der Waals surface area contributed by atoms with Crippen LogP contribution in [-0.2, 0) is 4.74 Å². The number of ether oxygens (including phenoxy) is 1. The van der Waals surface area contributed by atoms with Gasteiger partial charge in [0.2, 0.25) is 0 Å². The van der Waals surface area contributed by atoms with Crippen molar-refractivity contribution in [3.8, 4) is 0 Å². The van der Waals surface area contributed by atoms with Gasteiger partial charge in [-0.05, 0) is 25.8 Å². The Labute approximate surface area is 79.6 Å². The number of allylic oxidation sites excluding steroid dienone is 1. The van der Waals surface area contributed by atoms with E-state index < -0.39 is 0 Å². The predicted molar refractivity (Wildman–Crippen MR) is 55.5 cm³/mol. The molecule has 1 saturated heterocycles. The molecule has 1 fully saturated rings. The van der Waals surface area contributed by atoms with E-state index in [4.69, 9.17) is 4.74 Å². The predicted octanol–water partition coefficient (Wildman–Crippen LogP) is 3.21. The molecule has 0 aromatic heterocycles. The van der Waals surface area contributed by atoms with Crippen LogP contribution in [0, 0.1) is 0 Å². The zero-order valence-electron chi connectivity index (χ0n) is 8.22. The lowest BCUT2D eigenvalue weighted by molar-refractivity contribution is 0.189. The van der Waals surface area contributed by atoms with Crippen LogP contribution in [0.15, 0.2) is 11.8 Å². The van der Waals surface area contributed by atoms with Gasteiger partial charge in [0.15, 0.2) is 0 Å². The third-order valence-electron chi connectivity index (χ3n) is 2.57. The Bertz CT molecular complexity index is 171. The first-order valence-corrected chi connectivity index (χ1v) is 5.71. The molecule has 0 aromatic carbocycles. The van der Waals surface area contributed by atoms with Gasteiger partial charge in [-0.25, -0.2) is 0 Å². The molecule has 12 heavy (non-hydrogen) atoms. The lowest BCUT2D eigenvalue weighted by Gasteiger charge is -2.37. The molecule has 0 N–H and O–H groups in total. The second kappa shape index (κ2) is 4.22. The molecule has 1 rings (SSSR count). The first-order chi connectivity index (χ1) is 5.79. The minimum absolute atomic E-state index is 0.285. The quantitative estimate of drug-likeness (QED) is 0.655. The summed E-state index contributed by atoms with van der Waals surface area (Å²) in [6, 6.07) is 0. The monoisotopic (exact) mass is 186 g/mol. The minimum Gasteiger partial charge on any atom is -0.496 e. The number of rotatable bonds is 2. The zero-order chi connectivity index (χ0) is 9.03. The molecule has 2 heteroatoms. The highest BCUT2D eigenvalue weighted by atomic mass is 32.2. The molecule has 0 saturated carbocycles. The van der Waals surface area contributed by atoms with Gasteiger partial charge in [-0.15, -0.1) is 11.8 Å². The van der Waals surface area contributed by atoms with Crippen LogP contribution in [0.3, 0.4) is 0 Å². The van der Waals surface area contributed by atoms with Gasteiger partial charge in [-0.2, -0.15) is 0 Å². The fourth-order valence-corrected chi connectivity index (χ4v) is 3.02. The summed E-state index contributed by atoms with van der Waals surface area (Å²) in [5.41, 5.74) is 0. The van der Waals surface area contributed by atoms with E-state index in [0.29, 0.717) is 0 Å². The SMILES string of the molecule is C/C=C1\OCCSC1(CC)CC. The number of hydrogen-bond acceptors (Lipinski definition) is 2. The van der Waals surface area contributed by atoms with Crippen molar-refractivity contribution in [2.24, 2.45) is 0 Å². The topological polar surface area (TPSA) is 9.23 Å². The molecule has 70 valence electrons. The minimum atomic E-state index is 0.285. The highest BCUT2D eigenvalue weighted by Gasteiger charge is 2.35. The van der Waals surface area contributed by atoms with Crippen molar-refractivity contribution in [1.29, 1.82) is 0 Å². The summed E-state index contributed by atoms with van der Waals surface area (Å²) in [5.74, 6) is 2.34. The maximum absolute atomic E-state index is 5.67. The van der Waals surface area contributed by atoms with Crippen LogP contribution in [0.2, 0.25) is 0 Å². The highest BCUT2D eigenvalue weighted by molar-refractivity contribution is 8.00. The van der Waals surface area contributed by atoms with Crippen molar-refractivity contribution in [3.05, 3.63) is 11.8 Å². The van der Waals surface area contributed by atoms with Gasteiger partial charge in [0.1, 0.15) is 5.76 Å². The normalized spacial score (nSPS) is 25.4. The van der Waals surface area contributed by atoms with E-state index in [1.165, 1.54) is 18.6 Å². The maximum atomic E-state index is 5.67. The van der Waals surface area contributed by atoms with Gasteiger partial charge >= 0.3 is 0 Å². The molecular formula is C10H18OS. The Morgan fingerprint density at radius 2 is 2.17 bits per heavy atom. The molecule has 1 aliphatic rings. The van der Waals surface area contributed by atoms with Crippen LogP contribution in [-0.4, -0.2) is 17.1 Å². The summed E-state index contributed by atoms with van der Waals surface area (Å²) in [7, 11) is 0. The van der Waals surface area contributed by atoms with Crippen molar-refractivity contribution in [2.45, 2.75) is 38.4 Å². The summed E-state index contributed by atoms with van der Waals surface area (Å²) < 4.78 is 5.95. The fourth-order valence-electron chi connectivity index (χ4n) is 1.74. The van der Waals surface area contributed by atoms with Crippen LogP contribution >= 0.6 is 11.8 Å². The molecule has 0 unspecified atom stereocenters. The van der Waals surface area contributed by atoms with Crippen molar-refractivity contribution in [1.82, 2.24) is 0 Å². The summed E-state index contributed by atoms with van der Waals surface area (Å²) in [4.78, 5) is 0. The molecule has 1 aliphatic heterocycles. The smallest absolute Gasteiger partial charge is 0.108 e. The summed E-state index contributed by atoms with van der Waals surface area (Å²) in [5, 5.41) is 0. The van der Waals surface area contributed by atoms with Crippen molar-refractivity contribution in [3.63, 3.8) is 0 Å². The lowest BCUT2D eigenvalue weighted by Crippen LogP contribution is -2.32. The number of thioether (sulfide) groups is 1. The summed E-state index contributed by atoms with van der Waals surface area (Å²) in [6.07, 6.45) is 4.47. The van der Waals surface area contributed by atoms with Crippen molar-refractivity contribution < 1.29 is 4.74 Å². The third kappa shape index (κ3) is 1.63. The average Bonchev–Trinajstić information content (AvgIpc) is 2.17. The van der Waals surface area contributed by atoms with E-state index in [1.54, 1.807) is 0 Å². The Morgan fingerprint density at radius 1 is 1.50 bits per heavy atom. The van der Waals surface area contributed by atoms with E-state index in [1.807, 2.05) is 0 Å². The Kier molecular flexibility index (Phi) is 3.51. The molecule has 0 amide bonds. The van der Waals surface area contributed by atoms with Gasteiger partial charge < -0.3 is 4.74 Å². The third-order valence-corrected chi connectivity index (χ3v) is 4.27. The lowest BCUT2D eigenvalue weighted by atomic mass is 9.99. The standard InChI is InChI=1S/C10H18OS/c1-4-9-10(5-2,6-3)12-8-7-11-9/h4H,5-8H2,1-3H3/b9-4-. The van der Waals surface area contributed by atoms with Crippen molar-refractivity contribution >= 4 is 11.8 Å². The van der Waals surface area contributed by atoms with Gasteiger partial charge in [-0.3, -0.25) is 0 Å². The van der Waals surface area contributed by atoms with Gasteiger partial charge in [-0.1, -0.05) is 13.8 Å². The second-order valence-corrected chi connectivity index (χ2v) is 4.53. The Hall–Kier alpha value is -0.110. The van der Waals surface area contributed by atoms with Crippen LogP contribution in [0.25, 0.3) is 0 Å². The van der Waals surface area contributed by atoms with E-state index in [0.717, 1.165) is 12.4 Å². The first kappa shape index (κ1) is 9.97. The summed E-state index contributed by atoms with van der Waals surface area (Å²) >= 11 is 2.05. The molecule has 0 bridgehead atoms. The fraction of sp³-hybridized carbons (Fsp3) is 0.800. The largest absolute Gasteiger partial charge is 0.496 e. The van der Waals surface area contributed by atoms with E-state index in [-0.39, 0.29) is 4.75 Å². The highest BCUT2D eigenvalue weighted by Crippen LogP contribution is 2.42. The van der Waals surface area contributed by atoms with Crippen LogP contribution < -0.4 is 0 Å². The maximum Gasteiger partial charge on any atom is 0.108 e. The van der Waals surface area contributed by atoms with Crippen LogP contribution in [0.5, 0.6) is 0 Å². The van der Waals surface area contributed by atoms with Gasteiger partial charge in [0.25, 0.3) is 0 Å². The van der Waals surface area contributed by atoms with E-state index >= 15 is 0 Å². The molecule has 0 atom stereocenters. The Balaban J connectivity index is 2.81. The molecule has 1 heterocycles. The van der Waals surface area contributed by atoms with Crippen LogP contribution in [0.4, 0.5) is 0 Å². The first-order valence-electron chi connectivity index (χ1n) is 4.72. The molecule has 0 radical (unpaired) electrons. The van der Waals surface area contributed by atoms with Crippen molar-refractivity contribution in [2.75, 3.05) is 12.4 Å². The zero-order valence-corrected chi connectivity index (χ0v) is 9.04. The van der Waals surface area contributed by atoms with Gasteiger partial charge in [0.05, 0.1) is 11.4 Å². The van der Waals surface area contributed by atoms with E-state index in [2.05, 4.69) is 38.6 Å². The van der Waals surface area contributed by atoms with Gasteiger partial charge in [0, 0.05) is 5.75 Å². The number of hydrogen-bond donors (Lipinski definition) is 0. The second-order valence-electron chi connectivity index (χ2n) is 3.05. The molecule has 0 aromatic rings. The molecule has 0 aliphatic carbocycles. The molecule has 0 spiro atoms. The van der Waals surface area contributed by atoms with E-state index in [9.17, 15) is 0 Å². The Morgan fingerprint density at radius 3 is 2.58 bits per heavy atom. The summed E-state index contributed by atoms with van der Waals surface area (Å²) in [6.45, 7) is 7.44. The molecular weight excluding hydrogens is 168 g/mol.